The molecular weight excluding hydrogens is 461 g/mol. The molecule has 8 heteroatoms. The van der Waals surface area contributed by atoms with Crippen molar-refractivity contribution in [3.8, 4) is 11.5 Å². The molecule has 0 aliphatic carbocycles. The SMILES string of the molecule is COc1cccc(/C=C/C(=O)NCC[C@H](C)CN2CCC(c3noc4cc(F)ccc34)CC2)c1OC. The number of fused-ring (bicyclic) bond motifs is 1. The third kappa shape index (κ3) is 6.23. The van der Waals surface area contributed by atoms with Gasteiger partial charge in [0.2, 0.25) is 5.91 Å². The molecule has 1 aliphatic heterocycles. The molecule has 0 unspecified atom stereocenters. The third-order valence-electron chi connectivity index (χ3n) is 6.79. The Morgan fingerprint density at radius 1 is 1.25 bits per heavy atom. The van der Waals surface area contributed by atoms with Crippen LogP contribution in [0.5, 0.6) is 11.5 Å². The predicted molar refractivity (Wildman–Crippen MR) is 138 cm³/mol. The Kier molecular flexibility index (Phi) is 8.59. The molecule has 0 saturated carbocycles. The van der Waals surface area contributed by atoms with Crippen molar-refractivity contribution in [2.45, 2.75) is 32.1 Å². The number of piperidine rings is 1. The second kappa shape index (κ2) is 12.0. The number of benzene rings is 2. The molecule has 1 aromatic heterocycles. The van der Waals surface area contributed by atoms with Gasteiger partial charge in [-0.15, -0.1) is 0 Å². The molecule has 7 nitrogen and oxygen atoms in total. The average molecular weight is 496 g/mol. The molecule has 2 aromatic carbocycles. The van der Waals surface area contributed by atoms with E-state index in [0.29, 0.717) is 35.5 Å². The normalized spacial score (nSPS) is 15.9. The smallest absolute Gasteiger partial charge is 0.244 e. The molecule has 1 fully saturated rings. The Morgan fingerprint density at radius 3 is 2.81 bits per heavy atom. The first-order chi connectivity index (χ1) is 17.5. The summed E-state index contributed by atoms with van der Waals surface area (Å²) in [7, 11) is 3.17. The summed E-state index contributed by atoms with van der Waals surface area (Å²) in [4.78, 5) is 14.8. The number of hydrogen-bond acceptors (Lipinski definition) is 6. The van der Waals surface area contributed by atoms with Gasteiger partial charge in [0.05, 0.1) is 19.9 Å². The number of carbonyl (C=O) groups is 1. The van der Waals surface area contributed by atoms with Crippen LogP contribution in [0.4, 0.5) is 4.39 Å². The zero-order valence-electron chi connectivity index (χ0n) is 21.1. The number of carbonyl (C=O) groups excluding carboxylic acids is 1. The molecule has 4 rings (SSSR count). The van der Waals surface area contributed by atoms with Crippen LogP contribution in [0.15, 0.2) is 47.0 Å². The number of para-hydroxylation sites is 1. The van der Waals surface area contributed by atoms with E-state index < -0.39 is 0 Å². The van der Waals surface area contributed by atoms with E-state index in [9.17, 15) is 9.18 Å². The first-order valence-corrected chi connectivity index (χ1v) is 12.4. The molecule has 2 heterocycles. The average Bonchev–Trinajstić information content (AvgIpc) is 3.30. The van der Waals surface area contributed by atoms with E-state index in [-0.39, 0.29) is 11.7 Å². The summed E-state index contributed by atoms with van der Waals surface area (Å²) in [6.07, 6.45) is 6.16. The lowest BCUT2D eigenvalue weighted by Crippen LogP contribution is -2.37. The van der Waals surface area contributed by atoms with Crippen molar-refractivity contribution in [3.63, 3.8) is 0 Å². The van der Waals surface area contributed by atoms with Crippen molar-refractivity contribution >= 4 is 23.0 Å². The van der Waals surface area contributed by atoms with Crippen LogP contribution in [-0.4, -0.2) is 56.4 Å². The van der Waals surface area contributed by atoms with Crippen LogP contribution in [0.25, 0.3) is 17.0 Å². The van der Waals surface area contributed by atoms with Gasteiger partial charge in [-0.1, -0.05) is 24.2 Å². The Hall–Kier alpha value is -3.39. The van der Waals surface area contributed by atoms with E-state index in [0.717, 1.165) is 55.5 Å². The molecule has 1 atom stereocenters. The highest BCUT2D eigenvalue weighted by Crippen LogP contribution is 2.33. The minimum atomic E-state index is -0.307. The summed E-state index contributed by atoms with van der Waals surface area (Å²) >= 11 is 0. The lowest BCUT2D eigenvalue weighted by molar-refractivity contribution is -0.116. The molecule has 0 bridgehead atoms. The van der Waals surface area contributed by atoms with Crippen LogP contribution in [0.2, 0.25) is 0 Å². The van der Waals surface area contributed by atoms with E-state index in [1.807, 2.05) is 18.2 Å². The topological polar surface area (TPSA) is 76.8 Å². The number of hydrogen-bond donors (Lipinski definition) is 1. The van der Waals surface area contributed by atoms with Gasteiger partial charge in [-0.3, -0.25) is 4.79 Å². The minimum absolute atomic E-state index is 0.132. The van der Waals surface area contributed by atoms with Crippen molar-refractivity contribution in [2.24, 2.45) is 5.92 Å². The number of amides is 1. The summed E-state index contributed by atoms with van der Waals surface area (Å²) in [5, 5.41) is 8.12. The summed E-state index contributed by atoms with van der Waals surface area (Å²) in [5.41, 5.74) is 2.25. The van der Waals surface area contributed by atoms with Crippen LogP contribution in [0, 0.1) is 11.7 Å². The number of nitrogens with one attached hydrogen (secondary N) is 1. The second-order valence-corrected chi connectivity index (χ2v) is 9.38. The number of ether oxygens (including phenoxy) is 2. The monoisotopic (exact) mass is 495 g/mol. The molecule has 36 heavy (non-hydrogen) atoms. The van der Waals surface area contributed by atoms with Crippen LogP contribution < -0.4 is 14.8 Å². The molecular formula is C28H34FN3O4. The molecule has 1 aliphatic rings. The van der Waals surface area contributed by atoms with E-state index in [1.165, 1.54) is 18.2 Å². The zero-order valence-corrected chi connectivity index (χ0v) is 21.1. The fourth-order valence-corrected chi connectivity index (χ4v) is 4.86. The Balaban J connectivity index is 1.19. The van der Waals surface area contributed by atoms with Crippen molar-refractivity contribution in [3.05, 3.63) is 59.5 Å². The Morgan fingerprint density at radius 2 is 2.06 bits per heavy atom. The van der Waals surface area contributed by atoms with Gasteiger partial charge in [-0.25, -0.2) is 4.39 Å². The predicted octanol–water partition coefficient (Wildman–Crippen LogP) is 5.02. The fraction of sp³-hybridized carbons (Fsp3) is 0.429. The first kappa shape index (κ1) is 25.7. The molecule has 192 valence electrons. The maximum Gasteiger partial charge on any atom is 0.244 e. The first-order valence-electron chi connectivity index (χ1n) is 12.4. The van der Waals surface area contributed by atoms with Gasteiger partial charge in [-0.2, -0.15) is 0 Å². The van der Waals surface area contributed by atoms with Crippen LogP contribution in [-0.2, 0) is 4.79 Å². The van der Waals surface area contributed by atoms with E-state index >= 15 is 0 Å². The molecule has 1 N–H and O–H groups in total. The molecule has 1 saturated heterocycles. The number of likely N-dealkylation sites (tertiary alicyclic amines) is 1. The largest absolute Gasteiger partial charge is 0.493 e. The lowest BCUT2D eigenvalue weighted by Gasteiger charge is -2.33. The number of rotatable bonds is 10. The highest BCUT2D eigenvalue weighted by Gasteiger charge is 2.25. The van der Waals surface area contributed by atoms with Crippen molar-refractivity contribution in [1.29, 1.82) is 0 Å². The fourth-order valence-electron chi connectivity index (χ4n) is 4.86. The standard InChI is InChI=1S/C28H34FN3O4/c1-19(11-14-30-26(33)10-7-21-5-4-6-24(34-2)28(21)35-3)18-32-15-12-20(13-16-32)27-23-9-8-22(29)17-25(23)36-31-27/h4-10,17,19-20H,11-16,18H2,1-3H3,(H,30,33)/b10-7+/t19-/m0/s1. The highest BCUT2D eigenvalue weighted by atomic mass is 19.1. The van der Waals surface area contributed by atoms with Crippen LogP contribution >= 0.6 is 0 Å². The Bertz CT molecular complexity index is 1200. The van der Waals surface area contributed by atoms with Gasteiger partial charge in [0.1, 0.15) is 5.82 Å². The summed E-state index contributed by atoms with van der Waals surface area (Å²) < 4.78 is 29.5. The van der Waals surface area contributed by atoms with Crippen molar-refractivity contribution in [1.82, 2.24) is 15.4 Å². The zero-order chi connectivity index (χ0) is 25.5. The number of nitrogens with zero attached hydrogens (tertiary/aromatic N) is 2. The van der Waals surface area contributed by atoms with Crippen LogP contribution in [0.3, 0.4) is 0 Å². The second-order valence-electron chi connectivity index (χ2n) is 9.38. The summed E-state index contributed by atoms with van der Waals surface area (Å²) in [5.74, 6) is 1.58. The van der Waals surface area contributed by atoms with Crippen molar-refractivity contribution < 1.29 is 23.2 Å². The maximum absolute atomic E-state index is 13.4. The van der Waals surface area contributed by atoms with Gasteiger partial charge < -0.3 is 24.2 Å². The molecule has 3 aromatic rings. The van der Waals surface area contributed by atoms with Gasteiger partial charge >= 0.3 is 0 Å². The number of methoxy groups -OCH3 is 2. The quantitative estimate of drug-likeness (QED) is 0.398. The van der Waals surface area contributed by atoms with Gasteiger partial charge in [-0.05, 0) is 62.5 Å². The number of aromatic nitrogens is 1. The molecule has 1 amide bonds. The summed E-state index contributed by atoms with van der Waals surface area (Å²) in [6, 6.07) is 10.2. The number of halogens is 1. The lowest BCUT2D eigenvalue weighted by atomic mass is 9.91. The van der Waals surface area contributed by atoms with Crippen LogP contribution in [0.1, 0.15) is 43.4 Å². The Labute approximate surface area is 211 Å². The highest BCUT2D eigenvalue weighted by molar-refractivity contribution is 5.92. The van der Waals surface area contributed by atoms with E-state index in [4.69, 9.17) is 14.0 Å². The van der Waals surface area contributed by atoms with Crippen molar-refractivity contribution in [2.75, 3.05) is 40.4 Å². The summed E-state index contributed by atoms with van der Waals surface area (Å²) in [6.45, 7) is 5.81. The van der Waals surface area contributed by atoms with E-state index in [2.05, 4.69) is 22.3 Å². The van der Waals surface area contributed by atoms with Gasteiger partial charge in [0.15, 0.2) is 17.1 Å². The van der Waals surface area contributed by atoms with Gasteiger partial charge in [0, 0.05) is 42.1 Å². The van der Waals surface area contributed by atoms with E-state index in [1.54, 1.807) is 26.4 Å². The molecule has 0 spiro atoms. The molecule has 0 radical (unpaired) electrons. The maximum atomic E-state index is 13.4. The third-order valence-corrected chi connectivity index (χ3v) is 6.79. The van der Waals surface area contributed by atoms with Gasteiger partial charge in [0.25, 0.3) is 0 Å². The minimum Gasteiger partial charge on any atom is -0.493 e.